The number of carbonyl (C=O) groups is 7. The minimum Gasteiger partial charge on any atom is -0.478 e. The summed E-state index contributed by atoms with van der Waals surface area (Å²) in [5, 5.41) is 22.0. The topological polar surface area (TPSA) is 217 Å². The summed E-state index contributed by atoms with van der Waals surface area (Å²) < 4.78 is 0. The van der Waals surface area contributed by atoms with Crippen molar-refractivity contribution in [3.05, 3.63) is 34.5 Å². The van der Waals surface area contributed by atoms with Gasteiger partial charge in [-0.2, -0.15) is 0 Å². The first-order valence-electron chi connectivity index (χ1n) is 18.6. The summed E-state index contributed by atoms with van der Waals surface area (Å²) in [6.07, 6.45) is 10.6. The van der Waals surface area contributed by atoms with Crippen LogP contribution in [0.5, 0.6) is 0 Å². The standard InChI is InChI=1S/C37H54N6O8S/c1-22(2)20-26(34(48)42-31(32(38)46)24-10-4-3-5-11-24)40-35(49)28-13-8-18-43(28)37(51)27(21-23-16-17-23)41-33(47)25(12-6-7-15-30(44)45)39-36(50)29-14-9-19-52-29/h7,9,14-15,19,22-28,31H,3-6,8,10-13,16-18,20-21H2,1-2H3,(H2,38,46)(H,39,50)(H,40,49)(H,41,47)(H,42,48)(H,44,45)/t25?,26?,27?,28-,31?/m0/s1. The number of nitrogens with two attached hydrogens (primary N) is 1. The van der Waals surface area contributed by atoms with Gasteiger partial charge in [-0.25, -0.2) is 4.79 Å². The van der Waals surface area contributed by atoms with Crippen LogP contribution in [0.4, 0.5) is 0 Å². The Morgan fingerprint density at radius 2 is 1.62 bits per heavy atom. The molecule has 1 aliphatic heterocycles. The van der Waals surface area contributed by atoms with Gasteiger partial charge in [-0.05, 0) is 80.6 Å². The number of carbonyl (C=O) groups excluding carboxylic acids is 6. The number of aliphatic carboxylic acids is 1. The van der Waals surface area contributed by atoms with Gasteiger partial charge in [-0.15, -0.1) is 11.3 Å². The number of nitrogens with zero attached hydrogens (tertiary/aromatic N) is 1. The van der Waals surface area contributed by atoms with Gasteiger partial charge < -0.3 is 37.0 Å². The van der Waals surface area contributed by atoms with Gasteiger partial charge >= 0.3 is 5.97 Å². The Morgan fingerprint density at radius 3 is 2.23 bits per heavy atom. The molecule has 6 amide bonds. The highest BCUT2D eigenvalue weighted by molar-refractivity contribution is 7.12. The molecule has 3 aliphatic rings. The monoisotopic (exact) mass is 742 g/mol. The minimum absolute atomic E-state index is 0.0325. The fraction of sp³-hybridized carbons (Fsp3) is 0.649. The van der Waals surface area contributed by atoms with E-state index < -0.39 is 71.6 Å². The number of carboxylic acids is 1. The van der Waals surface area contributed by atoms with E-state index in [0.717, 1.165) is 51.0 Å². The number of amides is 6. The van der Waals surface area contributed by atoms with E-state index in [4.69, 9.17) is 10.8 Å². The van der Waals surface area contributed by atoms with Gasteiger partial charge in [-0.3, -0.25) is 28.8 Å². The highest BCUT2D eigenvalue weighted by atomic mass is 32.1. The van der Waals surface area contributed by atoms with Crippen LogP contribution in [-0.4, -0.2) is 88.2 Å². The van der Waals surface area contributed by atoms with Crippen molar-refractivity contribution in [2.75, 3.05) is 6.54 Å². The first kappa shape index (κ1) is 40.5. The molecule has 15 heteroatoms. The predicted molar refractivity (Wildman–Crippen MR) is 195 cm³/mol. The molecule has 0 bridgehead atoms. The van der Waals surface area contributed by atoms with Crippen LogP contribution in [0.25, 0.3) is 0 Å². The molecule has 52 heavy (non-hydrogen) atoms. The van der Waals surface area contributed by atoms with E-state index in [1.54, 1.807) is 17.5 Å². The number of rotatable bonds is 19. The van der Waals surface area contributed by atoms with Crippen LogP contribution in [0.1, 0.15) is 107 Å². The molecule has 0 spiro atoms. The van der Waals surface area contributed by atoms with Gasteiger partial charge in [0.05, 0.1) is 4.88 Å². The van der Waals surface area contributed by atoms with Crippen LogP contribution < -0.4 is 27.0 Å². The molecular weight excluding hydrogens is 689 g/mol. The third-order valence-corrected chi connectivity index (χ3v) is 10.9. The molecule has 1 saturated heterocycles. The largest absolute Gasteiger partial charge is 0.478 e. The van der Waals surface area contributed by atoms with E-state index in [0.29, 0.717) is 37.1 Å². The second-order valence-corrected chi connectivity index (χ2v) is 15.7. The van der Waals surface area contributed by atoms with Crippen molar-refractivity contribution in [3.8, 4) is 0 Å². The molecule has 4 rings (SSSR count). The first-order chi connectivity index (χ1) is 24.8. The molecule has 2 aliphatic carbocycles. The highest BCUT2D eigenvalue weighted by Crippen LogP contribution is 2.34. The average molecular weight is 743 g/mol. The summed E-state index contributed by atoms with van der Waals surface area (Å²) in [4.78, 5) is 93.4. The van der Waals surface area contributed by atoms with Gasteiger partial charge in [0.2, 0.25) is 29.5 Å². The molecule has 0 aromatic carbocycles. The molecule has 3 fully saturated rings. The second-order valence-electron chi connectivity index (χ2n) is 14.7. The SMILES string of the molecule is CC(C)CC(NC(=O)[C@@H]1CCCN1C(=O)C(CC1CC1)NC(=O)C(CCC=CC(=O)O)NC(=O)c1cccs1)C(=O)NC(C(N)=O)C1CCCCC1. The maximum Gasteiger partial charge on any atom is 0.327 e. The first-order valence-corrected chi connectivity index (χ1v) is 19.5. The predicted octanol–water partition coefficient (Wildman–Crippen LogP) is 2.62. The van der Waals surface area contributed by atoms with E-state index in [1.807, 2.05) is 13.8 Å². The zero-order chi connectivity index (χ0) is 37.8. The average Bonchev–Trinajstić information content (AvgIpc) is 3.52. The molecule has 4 unspecified atom stereocenters. The van der Waals surface area contributed by atoms with Gasteiger partial charge in [0.25, 0.3) is 5.91 Å². The van der Waals surface area contributed by atoms with Crippen molar-refractivity contribution < 1.29 is 38.7 Å². The summed E-state index contributed by atoms with van der Waals surface area (Å²) in [5.74, 6) is -3.95. The fourth-order valence-corrected chi connectivity index (χ4v) is 7.78. The van der Waals surface area contributed by atoms with Crippen molar-refractivity contribution in [3.63, 3.8) is 0 Å². The summed E-state index contributed by atoms with van der Waals surface area (Å²) in [6, 6.07) is -1.31. The summed E-state index contributed by atoms with van der Waals surface area (Å²) in [6.45, 7) is 4.14. The van der Waals surface area contributed by atoms with Crippen LogP contribution in [0.2, 0.25) is 0 Å². The van der Waals surface area contributed by atoms with Gasteiger partial charge in [0, 0.05) is 12.6 Å². The zero-order valence-electron chi connectivity index (χ0n) is 30.1. The van der Waals surface area contributed by atoms with Crippen LogP contribution >= 0.6 is 11.3 Å². The normalized spacial score (nSPS) is 20.1. The number of hydrogen-bond acceptors (Lipinski definition) is 8. The van der Waals surface area contributed by atoms with E-state index >= 15 is 0 Å². The van der Waals surface area contributed by atoms with Crippen LogP contribution in [0.15, 0.2) is 29.7 Å². The smallest absolute Gasteiger partial charge is 0.327 e. The number of carboxylic acid groups (broad SMARTS) is 1. The van der Waals surface area contributed by atoms with Gasteiger partial charge in [-0.1, -0.05) is 58.1 Å². The quantitative estimate of drug-likeness (QED) is 0.116. The molecule has 2 heterocycles. The maximum absolute atomic E-state index is 14.2. The molecule has 14 nitrogen and oxygen atoms in total. The number of allylic oxidation sites excluding steroid dienone is 1. The zero-order valence-corrected chi connectivity index (χ0v) is 31.0. The van der Waals surface area contributed by atoms with Crippen molar-refractivity contribution >= 4 is 52.7 Å². The van der Waals surface area contributed by atoms with E-state index in [2.05, 4.69) is 21.3 Å². The van der Waals surface area contributed by atoms with Crippen LogP contribution in [0, 0.1) is 17.8 Å². The number of thiophene rings is 1. The lowest BCUT2D eigenvalue weighted by Crippen LogP contribution is -2.59. The number of nitrogens with one attached hydrogen (secondary N) is 4. The third-order valence-electron chi connectivity index (χ3n) is 10.0. The van der Waals surface area contributed by atoms with E-state index in [1.165, 1.54) is 22.3 Å². The summed E-state index contributed by atoms with van der Waals surface area (Å²) >= 11 is 1.21. The van der Waals surface area contributed by atoms with Gasteiger partial charge in [0.1, 0.15) is 30.2 Å². The van der Waals surface area contributed by atoms with E-state index in [9.17, 15) is 33.6 Å². The Labute approximate surface area is 309 Å². The Kier molecular flexibility index (Phi) is 15.2. The van der Waals surface area contributed by atoms with Crippen LogP contribution in [0.3, 0.4) is 0 Å². The lowest BCUT2D eigenvalue weighted by molar-refractivity contribution is -0.142. The Morgan fingerprint density at radius 1 is 0.904 bits per heavy atom. The second kappa shape index (κ2) is 19.5. The fourth-order valence-electron chi connectivity index (χ4n) is 7.15. The van der Waals surface area contributed by atoms with Crippen molar-refractivity contribution in [2.45, 2.75) is 128 Å². The maximum atomic E-state index is 14.2. The lowest BCUT2D eigenvalue weighted by Gasteiger charge is -2.32. The summed E-state index contributed by atoms with van der Waals surface area (Å²) in [5.41, 5.74) is 5.72. The number of primary amides is 1. The van der Waals surface area contributed by atoms with Crippen LogP contribution in [-0.2, 0) is 28.8 Å². The molecule has 2 saturated carbocycles. The number of hydrogen-bond donors (Lipinski definition) is 6. The Balaban J connectivity index is 1.46. The van der Waals surface area contributed by atoms with Crippen molar-refractivity contribution in [1.82, 2.24) is 26.2 Å². The molecule has 286 valence electrons. The van der Waals surface area contributed by atoms with Crippen molar-refractivity contribution in [1.29, 1.82) is 0 Å². The minimum atomic E-state index is -1.13. The highest BCUT2D eigenvalue weighted by Gasteiger charge is 2.41. The summed E-state index contributed by atoms with van der Waals surface area (Å²) in [7, 11) is 0. The molecule has 5 atom stereocenters. The lowest BCUT2D eigenvalue weighted by atomic mass is 9.83. The van der Waals surface area contributed by atoms with Gasteiger partial charge in [0.15, 0.2) is 0 Å². The molecule has 1 aromatic rings. The Hall–Kier alpha value is -4.27. The Bertz CT molecular complexity index is 1460. The van der Waals surface area contributed by atoms with Crippen molar-refractivity contribution in [2.24, 2.45) is 23.5 Å². The molecular formula is C37H54N6O8S. The molecule has 0 radical (unpaired) electrons. The number of likely N-dealkylation sites (tertiary alicyclic amines) is 1. The molecule has 7 N–H and O–H groups in total. The van der Waals surface area contributed by atoms with E-state index in [-0.39, 0.29) is 30.6 Å². The third kappa shape index (κ3) is 12.2. The molecule has 1 aromatic heterocycles.